The van der Waals surface area contributed by atoms with E-state index in [-0.39, 0.29) is 47.7 Å². The maximum Gasteiger partial charge on any atom is 0.433 e. The van der Waals surface area contributed by atoms with Crippen LogP contribution in [-0.2, 0) is 23.2 Å². The summed E-state index contributed by atoms with van der Waals surface area (Å²) in [5.41, 5.74) is -2.80. The molecule has 0 aliphatic carbocycles. The van der Waals surface area contributed by atoms with Crippen molar-refractivity contribution in [3.63, 3.8) is 0 Å². The van der Waals surface area contributed by atoms with Gasteiger partial charge in [0.15, 0.2) is 5.75 Å². The molecule has 0 aliphatic rings. The maximum absolute atomic E-state index is 13.1. The van der Waals surface area contributed by atoms with Crippen LogP contribution in [0, 0.1) is 0 Å². The summed E-state index contributed by atoms with van der Waals surface area (Å²) in [5.74, 6) is -0.560. The van der Waals surface area contributed by atoms with E-state index in [4.69, 9.17) is 27.9 Å². The van der Waals surface area contributed by atoms with Gasteiger partial charge in [-0.3, -0.25) is 19.2 Å². The number of sulfonamides is 1. The smallest absolute Gasteiger partial charge is 0.433 e. The molecule has 19 heteroatoms. The number of thiophene rings is 1. The molecule has 2 aromatic carbocycles. The molecular weight excluding hydrogens is 660 g/mol. The van der Waals surface area contributed by atoms with Gasteiger partial charge in [0.1, 0.15) is 33.3 Å². The number of anilines is 1. The van der Waals surface area contributed by atoms with Gasteiger partial charge in [0, 0.05) is 13.1 Å². The van der Waals surface area contributed by atoms with Gasteiger partial charge in [-0.1, -0.05) is 23.2 Å². The van der Waals surface area contributed by atoms with Crippen molar-refractivity contribution in [2.75, 3.05) is 4.72 Å². The Kier molecular flexibility index (Phi) is 7.76. The minimum absolute atomic E-state index is 0.00795. The Labute approximate surface area is 252 Å². The molecular formula is C24H15Cl2F3N6O6S2. The molecule has 0 atom stereocenters. The van der Waals surface area contributed by atoms with Crippen LogP contribution in [0.1, 0.15) is 5.69 Å². The Morgan fingerprint density at radius 3 is 2.40 bits per heavy atom. The van der Waals surface area contributed by atoms with E-state index >= 15 is 0 Å². The van der Waals surface area contributed by atoms with Crippen LogP contribution in [0.5, 0.6) is 17.2 Å². The van der Waals surface area contributed by atoms with Gasteiger partial charge in [0.05, 0.1) is 26.3 Å². The number of aromatic hydroxyl groups is 1. The number of aromatic amines is 1. The minimum atomic E-state index is -4.64. The summed E-state index contributed by atoms with van der Waals surface area (Å²) < 4.78 is 74.7. The zero-order chi connectivity index (χ0) is 31.3. The molecule has 5 rings (SSSR count). The Morgan fingerprint density at radius 2 is 1.77 bits per heavy atom. The molecule has 0 spiro atoms. The summed E-state index contributed by atoms with van der Waals surface area (Å²) in [5, 5.41) is 17.7. The topological polar surface area (TPSA) is 161 Å². The number of aryl methyl sites for hydroxylation is 1. The third-order valence-electron chi connectivity index (χ3n) is 5.64. The molecule has 0 unspecified atom stereocenters. The number of aromatic nitrogens is 5. The Morgan fingerprint density at radius 1 is 1.07 bits per heavy atom. The molecule has 3 heterocycles. The van der Waals surface area contributed by atoms with Gasteiger partial charge < -0.3 is 9.84 Å². The summed E-state index contributed by atoms with van der Waals surface area (Å²) in [6.45, 7) is 0. The van der Waals surface area contributed by atoms with Crippen LogP contribution < -0.4 is 20.7 Å². The molecule has 0 fully saturated rings. The largest absolute Gasteiger partial charge is 0.506 e. The van der Waals surface area contributed by atoms with Crippen LogP contribution in [0.3, 0.4) is 0 Å². The quantitative estimate of drug-likeness (QED) is 0.203. The van der Waals surface area contributed by atoms with Crippen molar-refractivity contribution >= 4 is 50.2 Å². The molecule has 12 nitrogen and oxygen atoms in total. The second kappa shape index (κ2) is 11.1. The van der Waals surface area contributed by atoms with Crippen molar-refractivity contribution in [3.05, 3.63) is 91.3 Å². The highest BCUT2D eigenvalue weighted by Gasteiger charge is 2.35. The molecule has 43 heavy (non-hydrogen) atoms. The van der Waals surface area contributed by atoms with Gasteiger partial charge in [-0.2, -0.15) is 28.1 Å². The van der Waals surface area contributed by atoms with Gasteiger partial charge in [-0.25, -0.2) is 13.2 Å². The lowest BCUT2D eigenvalue weighted by Crippen LogP contribution is -2.30. The lowest BCUT2D eigenvalue weighted by molar-refractivity contribution is -0.143. The van der Waals surface area contributed by atoms with E-state index < -0.39 is 38.9 Å². The number of phenols is 1. The van der Waals surface area contributed by atoms with Crippen molar-refractivity contribution < 1.29 is 31.4 Å². The third kappa shape index (κ3) is 6.24. The second-order valence-electron chi connectivity index (χ2n) is 8.63. The number of H-pyrrole nitrogens is 1. The highest BCUT2D eigenvalue weighted by Crippen LogP contribution is 2.41. The number of ether oxygens (including phenoxy) is 1. The summed E-state index contributed by atoms with van der Waals surface area (Å²) >= 11 is 13.3. The summed E-state index contributed by atoms with van der Waals surface area (Å²) in [6, 6.07) is 9.45. The first-order valence-corrected chi connectivity index (χ1v) is 14.6. The number of phenolic OH excluding ortho intramolecular Hbond substituents is 1. The fraction of sp³-hybridized carbons (Fsp3) is 0.0833. The predicted octanol–water partition coefficient (Wildman–Crippen LogP) is 5.01. The van der Waals surface area contributed by atoms with Crippen LogP contribution in [0.15, 0.2) is 68.5 Å². The number of halogens is 5. The average Bonchev–Trinajstić information content (AvgIpc) is 3.55. The van der Waals surface area contributed by atoms with E-state index in [1.54, 1.807) is 0 Å². The van der Waals surface area contributed by atoms with Gasteiger partial charge in [0.2, 0.25) is 0 Å². The molecule has 0 bridgehead atoms. The summed E-state index contributed by atoms with van der Waals surface area (Å²) in [6.07, 6.45) is -3.76. The van der Waals surface area contributed by atoms with Crippen LogP contribution in [0.25, 0.3) is 16.3 Å². The number of alkyl halides is 3. The van der Waals surface area contributed by atoms with E-state index in [0.717, 1.165) is 36.1 Å². The van der Waals surface area contributed by atoms with Crippen molar-refractivity contribution in [2.24, 2.45) is 7.05 Å². The molecule has 0 aliphatic heterocycles. The molecule has 0 amide bonds. The van der Waals surface area contributed by atoms with Gasteiger partial charge in [-0.15, -0.1) is 11.3 Å². The monoisotopic (exact) mass is 674 g/mol. The standard InChI is InChI=1S/C24H15Cl2F3N6O6S2/c1-34-19(24(27,28)29)9-16(32-34)18-4-5-21(42-18)43(39,40)33-15-8-12(2-3-17(15)36)41-22-13(25)6-11(7-14(22)26)35-23(38)31-20(37)10-30-35/h2-10,33,36H,1H3,(H,31,37,38). The van der Waals surface area contributed by atoms with Crippen LogP contribution >= 0.6 is 34.5 Å². The summed E-state index contributed by atoms with van der Waals surface area (Å²) in [4.78, 5) is 25.5. The van der Waals surface area contributed by atoms with E-state index in [0.29, 0.717) is 16.0 Å². The molecule has 5 aromatic rings. The maximum atomic E-state index is 13.1. The van der Waals surface area contributed by atoms with E-state index in [2.05, 4.69) is 14.9 Å². The predicted molar refractivity (Wildman–Crippen MR) is 151 cm³/mol. The molecule has 224 valence electrons. The van der Waals surface area contributed by atoms with E-state index in [9.17, 15) is 36.3 Å². The zero-order valence-corrected chi connectivity index (χ0v) is 24.3. The van der Waals surface area contributed by atoms with Crippen molar-refractivity contribution in [1.29, 1.82) is 0 Å². The lowest BCUT2D eigenvalue weighted by Gasteiger charge is -2.14. The Hall–Kier alpha value is -4.32. The van der Waals surface area contributed by atoms with E-state index in [1.807, 2.05) is 4.98 Å². The number of benzene rings is 2. The second-order valence-corrected chi connectivity index (χ2v) is 12.4. The fourth-order valence-corrected chi connectivity index (χ4v) is 6.61. The first-order chi connectivity index (χ1) is 20.1. The highest BCUT2D eigenvalue weighted by molar-refractivity contribution is 7.94. The first kappa shape index (κ1) is 30.1. The summed E-state index contributed by atoms with van der Waals surface area (Å²) in [7, 11) is -3.20. The fourth-order valence-electron chi connectivity index (χ4n) is 3.73. The number of nitrogens with one attached hydrogen (secondary N) is 2. The molecule has 0 radical (unpaired) electrons. The van der Waals surface area contributed by atoms with Crippen molar-refractivity contribution in [3.8, 4) is 33.5 Å². The number of hydrogen-bond acceptors (Lipinski definition) is 9. The number of rotatable bonds is 7. The zero-order valence-electron chi connectivity index (χ0n) is 21.2. The van der Waals surface area contributed by atoms with Crippen LogP contribution in [0.2, 0.25) is 10.0 Å². The van der Waals surface area contributed by atoms with E-state index in [1.165, 1.54) is 30.3 Å². The normalized spacial score (nSPS) is 12.0. The molecule has 0 saturated carbocycles. The van der Waals surface area contributed by atoms with Crippen LogP contribution in [0.4, 0.5) is 18.9 Å². The Bertz CT molecular complexity index is 2080. The highest BCUT2D eigenvalue weighted by atomic mass is 35.5. The third-order valence-corrected chi connectivity index (χ3v) is 9.17. The average molecular weight is 675 g/mol. The molecule has 3 N–H and O–H groups in total. The number of hydrogen-bond donors (Lipinski definition) is 3. The van der Waals surface area contributed by atoms with Crippen molar-refractivity contribution in [2.45, 2.75) is 10.4 Å². The van der Waals surface area contributed by atoms with Gasteiger partial charge in [-0.05, 0) is 42.5 Å². The number of nitrogens with zero attached hydrogens (tertiary/aromatic N) is 4. The van der Waals surface area contributed by atoms with Crippen LogP contribution in [-0.4, -0.2) is 38.1 Å². The SMILES string of the molecule is Cn1nc(-c2ccc(S(=O)(=O)Nc3cc(Oc4c(Cl)cc(-n5ncc(=O)[nH]c5=O)cc4Cl)ccc3O)s2)cc1C(F)(F)F. The first-order valence-electron chi connectivity index (χ1n) is 11.6. The molecule has 0 saturated heterocycles. The minimum Gasteiger partial charge on any atom is -0.506 e. The van der Waals surface area contributed by atoms with Gasteiger partial charge >= 0.3 is 11.9 Å². The molecule has 3 aromatic heterocycles. The Balaban J connectivity index is 1.39. The van der Waals surface area contributed by atoms with Crippen molar-refractivity contribution in [1.82, 2.24) is 24.5 Å². The lowest BCUT2D eigenvalue weighted by atomic mass is 10.2. The van der Waals surface area contributed by atoms with Gasteiger partial charge in [0.25, 0.3) is 15.6 Å².